The molecule has 0 unspecified atom stereocenters. The molecule has 0 aliphatic heterocycles. The molecule has 2 aromatic heterocycles. The molecule has 3 N–H and O–H groups in total. The third kappa shape index (κ3) is 3.93. The molecule has 2 heterocycles. The summed E-state index contributed by atoms with van der Waals surface area (Å²) in [6, 6.07) is 9.18. The number of hydrogen-bond acceptors (Lipinski definition) is 6. The van der Waals surface area contributed by atoms with Gasteiger partial charge in [0.25, 0.3) is 0 Å². The molecule has 0 spiro atoms. The molecule has 2 aromatic carbocycles. The Morgan fingerprint density at radius 1 is 1.27 bits per heavy atom. The van der Waals surface area contributed by atoms with Crippen LogP contribution < -0.4 is 15.8 Å². The van der Waals surface area contributed by atoms with Crippen molar-refractivity contribution in [1.82, 2.24) is 14.5 Å². The van der Waals surface area contributed by atoms with Crippen LogP contribution in [0.3, 0.4) is 0 Å². The summed E-state index contributed by atoms with van der Waals surface area (Å²) in [5.41, 5.74) is 9.41. The van der Waals surface area contributed by atoms with Crippen LogP contribution in [0.5, 0.6) is 5.75 Å². The summed E-state index contributed by atoms with van der Waals surface area (Å²) < 4.78 is 9.12. The molecule has 4 rings (SSSR count). The minimum absolute atomic E-state index is 0. The van der Waals surface area contributed by atoms with Crippen molar-refractivity contribution in [3.63, 3.8) is 0 Å². The van der Waals surface area contributed by atoms with Crippen LogP contribution in [-0.2, 0) is 6.54 Å². The number of imidazole rings is 1. The molecule has 0 saturated carbocycles. The van der Waals surface area contributed by atoms with Crippen molar-refractivity contribution in [3.05, 3.63) is 41.7 Å². The predicted molar refractivity (Wildman–Crippen MR) is 125 cm³/mol. The zero-order chi connectivity index (χ0) is 20.7. The Labute approximate surface area is 184 Å². The molecule has 4 aromatic rings. The molecule has 0 bridgehead atoms. The van der Waals surface area contributed by atoms with E-state index in [0.717, 1.165) is 33.6 Å². The number of hydrogen-bond donors (Lipinski definition) is 2. The normalized spacial score (nSPS) is 11.1. The second-order valence-electron chi connectivity index (χ2n) is 7.07. The van der Waals surface area contributed by atoms with Crippen LogP contribution >= 0.6 is 23.7 Å². The number of thiazole rings is 1. The second-order valence-corrected chi connectivity index (χ2v) is 8.10. The van der Waals surface area contributed by atoms with Gasteiger partial charge in [-0.2, -0.15) is 0 Å². The Hall–Kier alpha value is -2.84. The molecule has 0 saturated heterocycles. The Kier molecular flexibility index (Phi) is 6.19. The van der Waals surface area contributed by atoms with E-state index in [2.05, 4.69) is 21.8 Å². The van der Waals surface area contributed by atoms with Crippen molar-refractivity contribution in [1.29, 1.82) is 0 Å². The Balaban J connectivity index is 0.00000256. The quantitative estimate of drug-likeness (QED) is 0.434. The highest BCUT2D eigenvalue weighted by atomic mass is 35.5. The molecule has 1 amide bonds. The molecule has 0 radical (unpaired) electrons. The summed E-state index contributed by atoms with van der Waals surface area (Å²) in [4.78, 5) is 21.1. The van der Waals surface area contributed by atoms with Gasteiger partial charge in [-0.3, -0.25) is 4.79 Å². The molecule has 30 heavy (non-hydrogen) atoms. The van der Waals surface area contributed by atoms with Crippen molar-refractivity contribution in [2.75, 3.05) is 5.32 Å². The second kappa shape index (κ2) is 8.49. The van der Waals surface area contributed by atoms with Crippen molar-refractivity contribution < 1.29 is 9.53 Å². The first-order valence-electron chi connectivity index (χ1n) is 9.51. The van der Waals surface area contributed by atoms with E-state index in [-0.39, 0.29) is 18.5 Å². The topological polar surface area (TPSA) is 95.1 Å². The predicted octanol–water partition coefficient (Wildman–Crippen LogP) is 5.03. The van der Waals surface area contributed by atoms with Gasteiger partial charge in [0, 0.05) is 12.1 Å². The maximum atomic E-state index is 11.6. The number of carbonyl (C=O) groups is 1. The van der Waals surface area contributed by atoms with Crippen LogP contribution in [0.15, 0.2) is 30.3 Å². The summed E-state index contributed by atoms with van der Waals surface area (Å²) in [5, 5.41) is 4.03. The number of primary amides is 1. The van der Waals surface area contributed by atoms with Crippen molar-refractivity contribution in [2.45, 2.75) is 40.3 Å². The van der Waals surface area contributed by atoms with E-state index >= 15 is 0 Å². The summed E-state index contributed by atoms with van der Waals surface area (Å²) in [6.45, 7) is 8.84. The van der Waals surface area contributed by atoms with E-state index in [9.17, 15) is 4.79 Å². The molecule has 0 fully saturated rings. The number of nitrogens with zero attached hydrogens (tertiary/aromatic N) is 3. The van der Waals surface area contributed by atoms with Crippen molar-refractivity contribution in [2.24, 2.45) is 5.73 Å². The Morgan fingerprint density at radius 2 is 2.03 bits per heavy atom. The first kappa shape index (κ1) is 21.9. The lowest BCUT2D eigenvalue weighted by atomic mass is 10.1. The highest BCUT2D eigenvalue weighted by Gasteiger charge is 2.16. The first-order chi connectivity index (χ1) is 13.9. The average molecular weight is 446 g/mol. The minimum atomic E-state index is -0.488. The van der Waals surface area contributed by atoms with Gasteiger partial charge in [0.05, 0.1) is 27.5 Å². The molecule has 0 aliphatic rings. The van der Waals surface area contributed by atoms with Gasteiger partial charge in [0.1, 0.15) is 17.1 Å². The molecular formula is C21H24ClN5O2S. The van der Waals surface area contributed by atoms with Gasteiger partial charge in [-0.25, -0.2) is 9.97 Å². The van der Waals surface area contributed by atoms with Gasteiger partial charge in [-0.05, 0) is 58.0 Å². The lowest BCUT2D eigenvalue weighted by Gasteiger charge is -2.15. The summed E-state index contributed by atoms with van der Waals surface area (Å²) >= 11 is 1.54. The van der Waals surface area contributed by atoms with E-state index in [0.29, 0.717) is 22.1 Å². The van der Waals surface area contributed by atoms with Crippen LogP contribution in [-0.4, -0.2) is 26.5 Å². The zero-order valence-corrected chi connectivity index (χ0v) is 18.9. The largest absolute Gasteiger partial charge is 0.489 e. The smallest absolute Gasteiger partial charge is 0.248 e. The number of nitrogens with one attached hydrogen (secondary N) is 1. The first-order valence-corrected chi connectivity index (χ1v) is 10.3. The van der Waals surface area contributed by atoms with Crippen LogP contribution in [0.25, 0.3) is 21.3 Å². The van der Waals surface area contributed by atoms with Gasteiger partial charge in [-0.1, -0.05) is 11.3 Å². The van der Waals surface area contributed by atoms with Crippen molar-refractivity contribution in [3.8, 4) is 5.75 Å². The monoisotopic (exact) mass is 445 g/mol. The number of halogens is 1. The van der Waals surface area contributed by atoms with Gasteiger partial charge < -0.3 is 20.4 Å². The average Bonchev–Trinajstić information content (AvgIpc) is 3.21. The van der Waals surface area contributed by atoms with Gasteiger partial charge in [-0.15, -0.1) is 12.4 Å². The zero-order valence-electron chi connectivity index (χ0n) is 17.2. The third-order valence-corrected chi connectivity index (χ3v) is 5.58. The van der Waals surface area contributed by atoms with Crippen molar-refractivity contribution >= 4 is 61.7 Å². The molecule has 0 aliphatic carbocycles. The number of anilines is 2. The summed E-state index contributed by atoms with van der Waals surface area (Å²) in [7, 11) is 0. The van der Waals surface area contributed by atoms with Crippen LogP contribution in [0.4, 0.5) is 10.8 Å². The van der Waals surface area contributed by atoms with E-state index in [1.807, 2.05) is 32.9 Å². The molecule has 9 heteroatoms. The van der Waals surface area contributed by atoms with E-state index < -0.39 is 5.91 Å². The fourth-order valence-corrected chi connectivity index (χ4v) is 4.30. The Morgan fingerprint density at radius 3 is 2.70 bits per heavy atom. The number of nitrogens with two attached hydrogens (primary N) is 1. The highest BCUT2D eigenvalue weighted by Crippen LogP contribution is 2.36. The maximum absolute atomic E-state index is 11.6. The number of aryl methyl sites for hydroxylation is 2. The molecule has 158 valence electrons. The fourth-order valence-electron chi connectivity index (χ4n) is 3.42. The molecular weight excluding hydrogens is 422 g/mol. The highest BCUT2D eigenvalue weighted by molar-refractivity contribution is 7.22. The lowest BCUT2D eigenvalue weighted by molar-refractivity contribution is 0.100. The van der Waals surface area contributed by atoms with Crippen LogP contribution in [0.1, 0.15) is 37.0 Å². The number of carbonyl (C=O) groups excluding carboxylic acids is 1. The maximum Gasteiger partial charge on any atom is 0.248 e. The fraction of sp³-hybridized carbons (Fsp3) is 0.286. The number of fused-ring (bicyclic) bond motifs is 3. The summed E-state index contributed by atoms with van der Waals surface area (Å²) in [6.07, 6.45) is -0.00755. The number of aromatic nitrogens is 3. The van der Waals surface area contributed by atoms with E-state index in [1.54, 1.807) is 29.5 Å². The standard InChI is InChI=1S/C21H23N5O2S.ClH/c1-5-26-12(4)23-14-7-9-17-18(19(14)26)25-21(29-17)24-15-10-13(20(22)27)6-8-16(15)28-11(2)3;/h6-11H,5H2,1-4H3,(H2,22,27)(H,24,25);1H. The van der Waals surface area contributed by atoms with E-state index in [4.69, 9.17) is 15.5 Å². The molecule has 0 atom stereocenters. The minimum Gasteiger partial charge on any atom is -0.489 e. The molecule has 7 nitrogen and oxygen atoms in total. The SMILES string of the molecule is CCn1c(C)nc2ccc3sc(Nc4cc(C(N)=O)ccc4OC(C)C)nc3c21.Cl. The van der Waals surface area contributed by atoms with Gasteiger partial charge >= 0.3 is 0 Å². The Bertz CT molecular complexity index is 1230. The lowest BCUT2D eigenvalue weighted by Crippen LogP contribution is -2.12. The summed E-state index contributed by atoms with van der Waals surface area (Å²) in [5.74, 6) is 1.13. The van der Waals surface area contributed by atoms with Crippen LogP contribution in [0.2, 0.25) is 0 Å². The van der Waals surface area contributed by atoms with Gasteiger partial charge in [0.2, 0.25) is 5.91 Å². The third-order valence-electron chi connectivity index (χ3n) is 4.64. The number of rotatable bonds is 6. The number of benzene rings is 2. The number of ether oxygens (including phenoxy) is 1. The van der Waals surface area contributed by atoms with Crippen LogP contribution in [0, 0.1) is 6.92 Å². The van der Waals surface area contributed by atoms with E-state index in [1.165, 1.54) is 0 Å². The van der Waals surface area contributed by atoms with Gasteiger partial charge in [0.15, 0.2) is 5.13 Å². The number of amides is 1.